The standard InChI is InChI=1S/C24H22N4O2/c1-15-11-16(18-8-9-22(30-3)23-20(18)13-27(2)26-23)6-7-17(15)12-28-14-21-19(24(28)29)5-4-10-25-21/h4-11,13H,12,14H2,1-3H3/i2D3,14D2. The predicted molar refractivity (Wildman–Crippen MR) is 115 cm³/mol. The summed E-state index contributed by atoms with van der Waals surface area (Å²) in [5.74, 6) is 0.0820. The van der Waals surface area contributed by atoms with Gasteiger partial charge in [-0.2, -0.15) is 5.10 Å². The fraction of sp³-hybridized carbons (Fsp3) is 0.208. The van der Waals surface area contributed by atoms with Crippen molar-refractivity contribution in [3.8, 4) is 16.9 Å². The van der Waals surface area contributed by atoms with Crippen LogP contribution in [0.25, 0.3) is 22.0 Å². The zero-order valence-corrected chi connectivity index (χ0v) is 16.5. The molecule has 30 heavy (non-hydrogen) atoms. The average molecular weight is 403 g/mol. The number of carbonyl (C=O) groups excluding carboxylic acids is 1. The molecule has 0 radical (unpaired) electrons. The minimum Gasteiger partial charge on any atom is -0.494 e. The maximum atomic E-state index is 12.9. The van der Waals surface area contributed by atoms with Crippen molar-refractivity contribution in [2.24, 2.45) is 6.98 Å². The van der Waals surface area contributed by atoms with Crippen LogP contribution in [0.4, 0.5) is 0 Å². The van der Waals surface area contributed by atoms with Gasteiger partial charge in [-0.15, -0.1) is 0 Å². The molecule has 150 valence electrons. The maximum Gasteiger partial charge on any atom is 0.256 e. The van der Waals surface area contributed by atoms with Gasteiger partial charge in [0, 0.05) is 35.4 Å². The number of aromatic nitrogens is 3. The second kappa shape index (κ2) is 6.99. The number of rotatable bonds is 4. The Morgan fingerprint density at radius 2 is 2.13 bits per heavy atom. The Labute approximate surface area is 181 Å². The van der Waals surface area contributed by atoms with Crippen LogP contribution in [0.2, 0.25) is 0 Å². The van der Waals surface area contributed by atoms with Gasteiger partial charge in [0.1, 0.15) is 11.3 Å². The Morgan fingerprint density at radius 1 is 1.23 bits per heavy atom. The zero-order valence-electron chi connectivity index (χ0n) is 21.5. The van der Waals surface area contributed by atoms with E-state index in [1.54, 1.807) is 18.2 Å². The number of hydrogen-bond acceptors (Lipinski definition) is 4. The van der Waals surface area contributed by atoms with Gasteiger partial charge in [0.15, 0.2) is 0 Å². The number of amides is 1. The molecule has 0 spiro atoms. The number of ether oxygens (including phenoxy) is 1. The Hall–Kier alpha value is -3.67. The molecule has 5 rings (SSSR count). The fourth-order valence-corrected chi connectivity index (χ4v) is 3.81. The summed E-state index contributed by atoms with van der Waals surface area (Å²) in [6, 6.07) is 12.5. The molecule has 1 amide bonds. The van der Waals surface area contributed by atoms with E-state index < -0.39 is 19.4 Å². The van der Waals surface area contributed by atoms with Crippen molar-refractivity contribution < 1.29 is 16.4 Å². The van der Waals surface area contributed by atoms with E-state index in [4.69, 9.17) is 11.6 Å². The van der Waals surface area contributed by atoms with Crippen molar-refractivity contribution in [2.75, 3.05) is 7.11 Å². The molecule has 6 heteroatoms. The first kappa shape index (κ1) is 13.5. The summed E-state index contributed by atoms with van der Waals surface area (Å²) in [6.45, 7) is -2.45. The Kier molecular flexibility index (Phi) is 3.15. The molecule has 0 saturated heterocycles. The number of pyridine rings is 1. The summed E-state index contributed by atoms with van der Waals surface area (Å²) in [5.41, 5.74) is 4.14. The van der Waals surface area contributed by atoms with Crippen molar-refractivity contribution in [2.45, 2.75) is 20.0 Å². The Bertz CT molecular complexity index is 1480. The third-order valence-corrected chi connectivity index (χ3v) is 5.37. The number of hydrogen-bond donors (Lipinski definition) is 0. The predicted octanol–water partition coefficient (Wildman–Crippen LogP) is 4.11. The van der Waals surface area contributed by atoms with Crippen LogP contribution in [0.1, 0.15) is 34.0 Å². The van der Waals surface area contributed by atoms with Crippen molar-refractivity contribution >= 4 is 16.8 Å². The molecule has 0 N–H and O–H groups in total. The summed E-state index contributed by atoms with van der Waals surface area (Å²) in [7, 11) is 1.51. The molecule has 4 aromatic rings. The first-order valence-electron chi connectivity index (χ1n) is 12.0. The highest BCUT2D eigenvalue weighted by molar-refractivity contribution is 5.98. The Morgan fingerprint density at radius 3 is 2.90 bits per heavy atom. The topological polar surface area (TPSA) is 60.3 Å². The van der Waals surface area contributed by atoms with E-state index >= 15 is 0 Å². The van der Waals surface area contributed by atoms with Crippen molar-refractivity contribution in [3.63, 3.8) is 0 Å². The number of methoxy groups -OCH3 is 1. The van der Waals surface area contributed by atoms with Crippen molar-refractivity contribution in [3.05, 3.63) is 77.2 Å². The second-order valence-electron chi connectivity index (χ2n) is 7.20. The van der Waals surface area contributed by atoms with Gasteiger partial charge >= 0.3 is 0 Å². The third-order valence-electron chi connectivity index (χ3n) is 5.37. The average Bonchev–Trinajstić information content (AvgIpc) is 3.35. The molecular weight excluding hydrogens is 376 g/mol. The fourth-order valence-electron chi connectivity index (χ4n) is 3.81. The van der Waals surface area contributed by atoms with Crippen LogP contribution in [-0.2, 0) is 20.0 Å². The minimum atomic E-state index is -2.42. The van der Waals surface area contributed by atoms with Crippen LogP contribution < -0.4 is 4.74 Å². The molecule has 0 bridgehead atoms. The lowest BCUT2D eigenvalue weighted by Gasteiger charge is -2.18. The first-order chi connectivity index (χ1) is 16.5. The van der Waals surface area contributed by atoms with Gasteiger partial charge in [0.2, 0.25) is 0 Å². The smallest absolute Gasteiger partial charge is 0.256 e. The summed E-state index contributed by atoms with van der Waals surface area (Å²) in [4.78, 5) is 18.2. The molecule has 1 aliphatic rings. The quantitative estimate of drug-likeness (QED) is 0.515. The molecule has 0 unspecified atom stereocenters. The van der Waals surface area contributed by atoms with Crippen LogP contribution in [0.3, 0.4) is 0 Å². The molecule has 2 aromatic carbocycles. The highest BCUT2D eigenvalue weighted by atomic mass is 16.5. The SMILES string of the molecule is [2H]C1([2H])c2ncccc2C(=O)N1Cc1ccc(-c2ccc(OC)c3nn(C([2H])([2H])[2H])cc23)cc1C. The van der Waals surface area contributed by atoms with E-state index in [2.05, 4.69) is 10.1 Å². The number of fused-ring (bicyclic) bond motifs is 2. The van der Waals surface area contributed by atoms with Gasteiger partial charge in [-0.3, -0.25) is 14.5 Å². The van der Waals surface area contributed by atoms with E-state index in [9.17, 15) is 4.79 Å². The molecule has 6 nitrogen and oxygen atoms in total. The zero-order chi connectivity index (χ0) is 25.1. The van der Waals surface area contributed by atoms with E-state index in [-0.39, 0.29) is 17.8 Å². The highest BCUT2D eigenvalue weighted by Crippen LogP contribution is 2.34. The maximum absolute atomic E-state index is 12.9. The van der Waals surface area contributed by atoms with Gasteiger partial charge in [-0.05, 0) is 53.4 Å². The van der Waals surface area contributed by atoms with E-state index in [1.165, 1.54) is 24.4 Å². The highest BCUT2D eigenvalue weighted by Gasteiger charge is 2.28. The molecule has 2 aromatic heterocycles. The van der Waals surface area contributed by atoms with Gasteiger partial charge in [0.05, 0.1) is 27.6 Å². The normalized spacial score (nSPS) is 17.7. The Balaban J connectivity index is 1.52. The summed E-state index contributed by atoms with van der Waals surface area (Å²) < 4.78 is 46.4. The summed E-state index contributed by atoms with van der Waals surface area (Å²) in [5, 5.41) is 4.87. The van der Waals surface area contributed by atoms with Gasteiger partial charge in [-0.25, -0.2) is 0 Å². The summed E-state index contributed by atoms with van der Waals surface area (Å²) >= 11 is 0. The largest absolute Gasteiger partial charge is 0.494 e. The lowest BCUT2D eigenvalue weighted by Crippen LogP contribution is -2.23. The number of nitrogens with zero attached hydrogens (tertiary/aromatic N) is 4. The lowest BCUT2D eigenvalue weighted by atomic mass is 9.97. The molecule has 1 aliphatic heterocycles. The van der Waals surface area contributed by atoms with Crippen LogP contribution >= 0.6 is 0 Å². The van der Waals surface area contributed by atoms with Gasteiger partial charge in [0.25, 0.3) is 5.91 Å². The molecular formula is C24H22N4O2. The van der Waals surface area contributed by atoms with Crippen LogP contribution in [0.15, 0.2) is 54.9 Å². The van der Waals surface area contributed by atoms with E-state index in [0.29, 0.717) is 16.7 Å². The second-order valence-corrected chi connectivity index (χ2v) is 7.20. The number of carbonyl (C=O) groups is 1. The minimum absolute atomic E-state index is 0.0866. The first-order valence-corrected chi connectivity index (χ1v) is 9.46. The number of aryl methyl sites for hydroxylation is 2. The van der Waals surface area contributed by atoms with Crippen LogP contribution in [0, 0.1) is 6.92 Å². The van der Waals surface area contributed by atoms with Crippen LogP contribution in [-0.4, -0.2) is 32.7 Å². The van der Waals surface area contributed by atoms with Crippen molar-refractivity contribution in [1.82, 2.24) is 19.7 Å². The lowest BCUT2D eigenvalue weighted by molar-refractivity contribution is 0.0766. The van der Waals surface area contributed by atoms with Crippen molar-refractivity contribution in [1.29, 1.82) is 0 Å². The van der Waals surface area contributed by atoms with Gasteiger partial charge < -0.3 is 9.64 Å². The van der Waals surface area contributed by atoms with E-state index in [0.717, 1.165) is 26.9 Å². The molecule has 0 aliphatic carbocycles. The van der Waals surface area contributed by atoms with E-state index in [1.807, 2.05) is 31.2 Å². The molecule has 0 saturated carbocycles. The number of benzene rings is 2. The monoisotopic (exact) mass is 403 g/mol. The summed E-state index contributed by atoms with van der Waals surface area (Å²) in [6.07, 6.45) is 2.97. The van der Waals surface area contributed by atoms with Gasteiger partial charge in [-0.1, -0.05) is 18.2 Å². The molecule has 3 heterocycles. The molecule has 0 fully saturated rings. The third kappa shape index (κ3) is 2.92. The van der Waals surface area contributed by atoms with Crippen LogP contribution in [0.5, 0.6) is 5.75 Å². The molecule has 0 atom stereocenters.